The first-order valence-corrected chi connectivity index (χ1v) is 6.64. The molecule has 3 saturated carbocycles. The molecule has 0 unspecified atom stereocenters. The molecule has 1 N–H and O–H groups in total. The summed E-state index contributed by atoms with van der Waals surface area (Å²) < 4.78 is 0. The van der Waals surface area contributed by atoms with Gasteiger partial charge in [0.2, 0.25) is 0 Å². The number of hydrogen-bond donors (Lipinski definition) is 1. The van der Waals surface area contributed by atoms with Gasteiger partial charge in [0.05, 0.1) is 0 Å². The van der Waals surface area contributed by atoms with Crippen LogP contribution in [0.1, 0.15) is 32.1 Å². The van der Waals surface area contributed by atoms with E-state index in [1.54, 1.807) is 4.90 Å². The Balaban J connectivity index is 1.68. The highest BCUT2D eigenvalue weighted by atomic mass is 16.2. The number of fused-ring (bicyclic) bond motifs is 5. The van der Waals surface area contributed by atoms with Crippen molar-refractivity contribution in [1.82, 2.24) is 10.2 Å². The van der Waals surface area contributed by atoms with E-state index in [0.717, 1.165) is 23.7 Å². The highest BCUT2D eigenvalue weighted by Gasteiger charge is 2.53. The third-order valence-corrected chi connectivity index (χ3v) is 5.15. The van der Waals surface area contributed by atoms with Gasteiger partial charge in [0, 0.05) is 20.1 Å². The van der Waals surface area contributed by atoms with E-state index in [-0.39, 0.29) is 6.03 Å². The van der Waals surface area contributed by atoms with Crippen molar-refractivity contribution in [2.75, 3.05) is 14.1 Å². The first-order chi connectivity index (χ1) is 7.66. The van der Waals surface area contributed by atoms with Crippen LogP contribution in [0.2, 0.25) is 0 Å². The largest absolute Gasteiger partial charge is 0.335 e. The van der Waals surface area contributed by atoms with Crippen LogP contribution < -0.4 is 5.32 Å². The minimum atomic E-state index is 0.0911. The van der Waals surface area contributed by atoms with Crippen LogP contribution in [0.3, 0.4) is 0 Å². The van der Waals surface area contributed by atoms with Crippen LogP contribution in [0.4, 0.5) is 4.79 Å². The third-order valence-electron chi connectivity index (χ3n) is 5.15. The fraction of sp³-hybridized carbons (Fsp3) is 0.923. The number of nitrogens with one attached hydrogen (secondary N) is 1. The minimum absolute atomic E-state index is 0.0911. The smallest absolute Gasteiger partial charge is 0.317 e. The maximum atomic E-state index is 11.7. The molecule has 0 heterocycles. The van der Waals surface area contributed by atoms with Gasteiger partial charge in [-0.2, -0.15) is 0 Å². The normalized spacial score (nSPS) is 44.5. The first-order valence-electron chi connectivity index (χ1n) is 6.64. The van der Waals surface area contributed by atoms with Crippen LogP contribution >= 0.6 is 0 Å². The second-order valence-corrected chi connectivity index (χ2v) is 6.10. The highest BCUT2D eigenvalue weighted by Crippen LogP contribution is 2.58. The number of hydrogen-bond acceptors (Lipinski definition) is 1. The summed E-state index contributed by atoms with van der Waals surface area (Å²) >= 11 is 0. The third kappa shape index (κ3) is 1.44. The highest BCUT2D eigenvalue weighted by molar-refractivity contribution is 5.73. The van der Waals surface area contributed by atoms with Gasteiger partial charge in [0.25, 0.3) is 0 Å². The molecule has 0 aromatic carbocycles. The van der Waals surface area contributed by atoms with E-state index in [4.69, 9.17) is 0 Å². The maximum absolute atomic E-state index is 11.7. The zero-order valence-electron chi connectivity index (χ0n) is 10.3. The molecule has 0 saturated heterocycles. The molecule has 90 valence electrons. The molecule has 2 bridgehead atoms. The Morgan fingerprint density at radius 3 is 2.62 bits per heavy atom. The zero-order valence-corrected chi connectivity index (χ0v) is 10.3. The second kappa shape index (κ2) is 3.64. The van der Waals surface area contributed by atoms with E-state index in [1.165, 1.54) is 32.1 Å². The Morgan fingerprint density at radius 1 is 1.12 bits per heavy atom. The molecule has 3 heteroatoms. The van der Waals surface area contributed by atoms with Gasteiger partial charge >= 0.3 is 6.03 Å². The van der Waals surface area contributed by atoms with Gasteiger partial charge in [-0.25, -0.2) is 4.79 Å². The summed E-state index contributed by atoms with van der Waals surface area (Å²) in [5.41, 5.74) is 0. The van der Waals surface area contributed by atoms with E-state index in [0.29, 0.717) is 6.04 Å². The maximum Gasteiger partial charge on any atom is 0.317 e. The molecule has 3 aliphatic carbocycles. The molecule has 5 atom stereocenters. The number of nitrogens with zero attached hydrogens (tertiary/aromatic N) is 1. The van der Waals surface area contributed by atoms with Gasteiger partial charge in [0.15, 0.2) is 0 Å². The van der Waals surface area contributed by atoms with Crippen molar-refractivity contribution in [3.8, 4) is 0 Å². The van der Waals surface area contributed by atoms with Crippen molar-refractivity contribution in [3.05, 3.63) is 0 Å². The molecule has 3 nitrogen and oxygen atoms in total. The summed E-state index contributed by atoms with van der Waals surface area (Å²) in [6.45, 7) is 0. The standard InChI is InChI=1S/C13H22N2O/c1-15(2)13(16)14-11-6-5-10-8-3-4-9(7-8)12(10)11/h8-12H,3-7H2,1-2H3,(H,14,16)/t8-,9+,10-,11+,12-/m0/s1. The van der Waals surface area contributed by atoms with Crippen LogP contribution in [0, 0.1) is 23.7 Å². The van der Waals surface area contributed by atoms with Crippen molar-refractivity contribution < 1.29 is 4.79 Å². The molecule has 16 heavy (non-hydrogen) atoms. The predicted molar refractivity (Wildman–Crippen MR) is 63.1 cm³/mol. The Hall–Kier alpha value is -0.730. The number of urea groups is 1. The predicted octanol–water partition coefficient (Wildman–Crippen LogP) is 2.08. The van der Waals surface area contributed by atoms with E-state index in [1.807, 2.05) is 14.1 Å². The van der Waals surface area contributed by atoms with Crippen LogP contribution in [0.25, 0.3) is 0 Å². The topological polar surface area (TPSA) is 32.3 Å². The van der Waals surface area contributed by atoms with E-state index >= 15 is 0 Å². The first kappa shape index (κ1) is 10.4. The fourth-order valence-electron chi connectivity index (χ4n) is 4.53. The SMILES string of the molecule is CN(C)C(=O)N[C@@H]1CC[C@H]2[C@H]3CC[C@H](C3)[C@@H]21. The molecule has 0 radical (unpaired) electrons. The fourth-order valence-corrected chi connectivity index (χ4v) is 4.53. The van der Waals surface area contributed by atoms with Crippen molar-refractivity contribution in [3.63, 3.8) is 0 Å². The average Bonchev–Trinajstić information content (AvgIpc) is 2.88. The van der Waals surface area contributed by atoms with Crippen LogP contribution in [0.15, 0.2) is 0 Å². The van der Waals surface area contributed by atoms with Gasteiger partial charge in [-0.05, 0) is 55.8 Å². The molecule has 3 aliphatic rings. The zero-order chi connectivity index (χ0) is 11.3. The average molecular weight is 222 g/mol. The summed E-state index contributed by atoms with van der Waals surface area (Å²) in [5, 5.41) is 3.22. The van der Waals surface area contributed by atoms with Crippen molar-refractivity contribution in [2.45, 2.75) is 38.1 Å². The van der Waals surface area contributed by atoms with Crippen molar-refractivity contribution in [2.24, 2.45) is 23.7 Å². The summed E-state index contributed by atoms with van der Waals surface area (Å²) in [7, 11) is 3.64. The van der Waals surface area contributed by atoms with Gasteiger partial charge in [-0.15, -0.1) is 0 Å². The van der Waals surface area contributed by atoms with Crippen LogP contribution in [-0.4, -0.2) is 31.1 Å². The lowest BCUT2D eigenvalue weighted by Gasteiger charge is -2.30. The van der Waals surface area contributed by atoms with Crippen molar-refractivity contribution in [1.29, 1.82) is 0 Å². The molecule has 3 fully saturated rings. The molecular formula is C13H22N2O. The van der Waals surface area contributed by atoms with Crippen LogP contribution in [-0.2, 0) is 0 Å². The number of rotatable bonds is 1. The molecule has 0 aromatic rings. The van der Waals surface area contributed by atoms with Gasteiger partial charge in [-0.3, -0.25) is 0 Å². The van der Waals surface area contributed by atoms with E-state index < -0.39 is 0 Å². The quantitative estimate of drug-likeness (QED) is 0.724. The van der Waals surface area contributed by atoms with Gasteiger partial charge < -0.3 is 10.2 Å². The Kier molecular flexibility index (Phi) is 2.37. The Labute approximate surface area is 97.6 Å². The summed E-state index contributed by atoms with van der Waals surface area (Å²) in [5.74, 6) is 3.66. The van der Waals surface area contributed by atoms with Gasteiger partial charge in [-0.1, -0.05) is 0 Å². The summed E-state index contributed by atoms with van der Waals surface area (Å²) in [6, 6.07) is 0.559. The lowest BCUT2D eigenvalue weighted by Crippen LogP contribution is -2.45. The second-order valence-electron chi connectivity index (χ2n) is 6.10. The number of amides is 2. The summed E-state index contributed by atoms with van der Waals surface area (Å²) in [6.07, 6.45) is 6.89. The molecule has 0 aromatic heterocycles. The molecule has 0 spiro atoms. The molecular weight excluding hydrogens is 200 g/mol. The Morgan fingerprint density at radius 2 is 1.88 bits per heavy atom. The lowest BCUT2D eigenvalue weighted by atomic mass is 9.80. The number of carbonyl (C=O) groups is 1. The lowest BCUT2D eigenvalue weighted by molar-refractivity contribution is 0.194. The van der Waals surface area contributed by atoms with E-state index in [9.17, 15) is 4.79 Å². The minimum Gasteiger partial charge on any atom is -0.335 e. The van der Waals surface area contributed by atoms with Crippen molar-refractivity contribution >= 4 is 6.03 Å². The number of carbonyl (C=O) groups excluding carboxylic acids is 1. The van der Waals surface area contributed by atoms with Gasteiger partial charge in [0.1, 0.15) is 0 Å². The Bertz CT molecular complexity index is 302. The summed E-state index contributed by atoms with van der Waals surface area (Å²) in [4.78, 5) is 13.4. The molecule has 0 aliphatic heterocycles. The molecule has 2 amide bonds. The van der Waals surface area contributed by atoms with E-state index in [2.05, 4.69) is 5.32 Å². The van der Waals surface area contributed by atoms with Crippen LogP contribution in [0.5, 0.6) is 0 Å². The molecule has 3 rings (SSSR count). The monoisotopic (exact) mass is 222 g/mol.